The van der Waals surface area contributed by atoms with Crippen molar-refractivity contribution >= 4 is 41.3 Å². The minimum Gasteiger partial charge on any atom is -0.457 e. The van der Waals surface area contributed by atoms with E-state index in [0.29, 0.717) is 24.1 Å². The molecule has 0 unspecified atom stereocenters. The minimum absolute atomic E-state index is 0.0690. The molecule has 0 aromatic heterocycles. The summed E-state index contributed by atoms with van der Waals surface area (Å²) in [4.78, 5) is 83.8. The molecular weight excluding hydrogens is 775 g/mol. The lowest BCUT2D eigenvalue weighted by atomic mass is 9.97. The first-order valence-electron chi connectivity index (χ1n) is 20.2. The van der Waals surface area contributed by atoms with Crippen LogP contribution in [0.2, 0.25) is 0 Å². The monoisotopic (exact) mass is 823 g/mol. The van der Waals surface area contributed by atoms with Gasteiger partial charge in [0.2, 0.25) is 11.8 Å². The molecule has 0 saturated heterocycles. The van der Waals surface area contributed by atoms with Crippen LogP contribution in [0.25, 0.3) is 0 Å². The van der Waals surface area contributed by atoms with Gasteiger partial charge < -0.3 is 24.4 Å². The van der Waals surface area contributed by atoms with E-state index in [1.807, 2.05) is 62.4 Å². The zero-order valence-electron chi connectivity index (χ0n) is 34.8. The quantitative estimate of drug-likeness (QED) is 0.0558. The van der Waals surface area contributed by atoms with Gasteiger partial charge in [0.25, 0.3) is 11.8 Å². The normalized spacial score (nSPS) is 13.6. The summed E-state index contributed by atoms with van der Waals surface area (Å²) in [5, 5.41) is 2.85. The lowest BCUT2D eigenvalue weighted by molar-refractivity contribution is -0.148. The van der Waals surface area contributed by atoms with Crippen molar-refractivity contribution < 1.29 is 43.0 Å². The predicted molar refractivity (Wildman–Crippen MR) is 227 cm³/mol. The lowest BCUT2D eigenvalue weighted by Gasteiger charge is -2.35. The number of hydrogen-bond donors (Lipinski definition) is 1. The molecule has 61 heavy (non-hydrogen) atoms. The van der Waals surface area contributed by atoms with Crippen molar-refractivity contribution in [2.45, 2.75) is 84.3 Å². The number of rotatable bonds is 17. The highest BCUT2D eigenvalue weighted by molar-refractivity contribution is 6.38. The molecule has 0 spiro atoms. The highest BCUT2D eigenvalue weighted by Crippen LogP contribution is 2.33. The molecular formula is C49H49N3O9. The summed E-state index contributed by atoms with van der Waals surface area (Å²) >= 11 is 0. The Balaban J connectivity index is 1.01. The van der Waals surface area contributed by atoms with Gasteiger partial charge in [-0.3, -0.25) is 24.1 Å². The zero-order chi connectivity index (χ0) is 43.6. The number of amides is 4. The average molecular weight is 824 g/mol. The molecule has 314 valence electrons. The molecule has 0 radical (unpaired) electrons. The van der Waals surface area contributed by atoms with Gasteiger partial charge in [0.15, 0.2) is 0 Å². The van der Waals surface area contributed by atoms with E-state index in [0.717, 1.165) is 27.3 Å². The molecule has 0 fully saturated rings. The van der Waals surface area contributed by atoms with Crippen molar-refractivity contribution in [2.24, 2.45) is 0 Å². The molecule has 0 aliphatic carbocycles. The van der Waals surface area contributed by atoms with E-state index < -0.39 is 46.0 Å². The fourth-order valence-corrected chi connectivity index (χ4v) is 6.96. The van der Waals surface area contributed by atoms with Gasteiger partial charge >= 0.3 is 11.9 Å². The Kier molecular flexibility index (Phi) is 14.0. The Morgan fingerprint density at radius 1 is 0.656 bits per heavy atom. The van der Waals surface area contributed by atoms with Crippen molar-refractivity contribution in [3.63, 3.8) is 0 Å². The summed E-state index contributed by atoms with van der Waals surface area (Å²) in [7, 11) is 0. The molecule has 4 aromatic carbocycles. The van der Waals surface area contributed by atoms with E-state index in [2.05, 4.69) is 17.2 Å². The van der Waals surface area contributed by atoms with E-state index >= 15 is 0 Å². The van der Waals surface area contributed by atoms with Crippen LogP contribution in [0.3, 0.4) is 0 Å². The molecule has 2 aliphatic heterocycles. The van der Waals surface area contributed by atoms with Crippen LogP contribution in [0.15, 0.2) is 120 Å². The van der Waals surface area contributed by atoms with Gasteiger partial charge in [-0.25, -0.2) is 9.59 Å². The molecule has 0 bridgehead atoms. The number of hydrogen-bond acceptors (Lipinski definition) is 9. The number of carbonyl (C=O) groups excluding carboxylic acids is 6. The third-order valence-electron chi connectivity index (χ3n) is 10.5. The summed E-state index contributed by atoms with van der Waals surface area (Å²) in [6, 6.07) is 32.8. The maximum atomic E-state index is 13.9. The van der Waals surface area contributed by atoms with Crippen LogP contribution >= 0.6 is 0 Å². The Hall–Kier alpha value is -6.84. The maximum absolute atomic E-state index is 13.9. The van der Waals surface area contributed by atoms with Crippen LogP contribution < -0.4 is 10.2 Å². The second-order valence-corrected chi connectivity index (χ2v) is 16.0. The largest absolute Gasteiger partial charge is 0.457 e. The van der Waals surface area contributed by atoms with Gasteiger partial charge in [0, 0.05) is 42.7 Å². The Morgan fingerprint density at radius 2 is 1.18 bits per heavy atom. The molecule has 4 amide bonds. The van der Waals surface area contributed by atoms with Crippen LogP contribution in [-0.4, -0.2) is 64.8 Å². The molecule has 2 aliphatic rings. The van der Waals surface area contributed by atoms with Gasteiger partial charge in [-0.05, 0) is 75.4 Å². The maximum Gasteiger partial charge on any atom is 0.345 e. The number of benzene rings is 4. The first kappa shape index (κ1) is 43.7. The van der Waals surface area contributed by atoms with Crippen LogP contribution in [0.4, 0.5) is 5.69 Å². The SMILES string of the molecule is CC(C)(CCC(=O)NCCC(=O)N1Cc2ccccc2C#Cc2ccccc21)OCCC(C)(C)N1C(=O)C(C(=O)OCc2ccccc2)=C(C(=O)OCc2ccccc2)C1=O. The van der Waals surface area contributed by atoms with Crippen molar-refractivity contribution in [3.8, 4) is 11.8 Å². The Labute approximate surface area is 355 Å². The second kappa shape index (κ2) is 19.5. The Morgan fingerprint density at radius 3 is 1.79 bits per heavy atom. The summed E-state index contributed by atoms with van der Waals surface area (Å²) in [5.41, 5.74) is 1.20. The smallest absolute Gasteiger partial charge is 0.345 e. The number of anilines is 1. The van der Waals surface area contributed by atoms with Crippen LogP contribution in [0, 0.1) is 11.8 Å². The van der Waals surface area contributed by atoms with Gasteiger partial charge in [-0.1, -0.05) is 103 Å². The second-order valence-electron chi connectivity index (χ2n) is 16.0. The number of imide groups is 1. The highest BCUT2D eigenvalue weighted by Gasteiger charge is 2.51. The number of carbonyl (C=O) groups is 6. The molecule has 4 aromatic rings. The molecule has 2 heterocycles. The third-order valence-corrected chi connectivity index (χ3v) is 10.5. The first-order chi connectivity index (χ1) is 29.2. The topological polar surface area (TPSA) is 149 Å². The number of nitrogens with zero attached hydrogens (tertiary/aromatic N) is 2. The minimum atomic E-state index is -1.22. The van der Waals surface area contributed by atoms with Gasteiger partial charge in [0.1, 0.15) is 24.4 Å². The molecule has 6 rings (SSSR count). The molecule has 1 N–H and O–H groups in total. The molecule has 0 atom stereocenters. The van der Waals surface area contributed by atoms with Crippen LogP contribution in [0.5, 0.6) is 0 Å². The van der Waals surface area contributed by atoms with E-state index in [9.17, 15) is 28.8 Å². The molecule has 12 nitrogen and oxygen atoms in total. The van der Waals surface area contributed by atoms with Crippen LogP contribution in [-0.2, 0) is 62.7 Å². The van der Waals surface area contributed by atoms with Crippen molar-refractivity contribution in [1.29, 1.82) is 0 Å². The number of nitrogens with one attached hydrogen (secondary N) is 1. The third kappa shape index (κ3) is 11.1. The average Bonchev–Trinajstić information content (AvgIpc) is 3.52. The molecule has 0 saturated carbocycles. The van der Waals surface area contributed by atoms with Gasteiger partial charge in [-0.2, -0.15) is 0 Å². The Bertz CT molecular complexity index is 2320. The lowest BCUT2D eigenvalue weighted by Crippen LogP contribution is -2.50. The number of esters is 2. The summed E-state index contributed by atoms with van der Waals surface area (Å²) in [6.07, 6.45) is 0.680. The summed E-state index contributed by atoms with van der Waals surface area (Å²) in [6.45, 7) is 7.14. The van der Waals surface area contributed by atoms with E-state index in [1.54, 1.807) is 79.4 Å². The van der Waals surface area contributed by atoms with Gasteiger partial charge in [-0.15, -0.1) is 0 Å². The molecule has 12 heteroatoms. The van der Waals surface area contributed by atoms with Crippen molar-refractivity contribution in [2.75, 3.05) is 18.1 Å². The number of ether oxygens (including phenoxy) is 3. The van der Waals surface area contributed by atoms with E-state index in [1.165, 1.54) is 0 Å². The number of para-hydroxylation sites is 1. The fourth-order valence-electron chi connectivity index (χ4n) is 6.96. The predicted octanol–water partition coefficient (Wildman–Crippen LogP) is 6.34. The van der Waals surface area contributed by atoms with Gasteiger partial charge in [0.05, 0.1) is 17.8 Å². The number of fused-ring (bicyclic) bond motifs is 2. The van der Waals surface area contributed by atoms with Crippen molar-refractivity contribution in [1.82, 2.24) is 10.2 Å². The first-order valence-corrected chi connectivity index (χ1v) is 20.2. The zero-order valence-corrected chi connectivity index (χ0v) is 34.8. The summed E-state index contributed by atoms with van der Waals surface area (Å²) < 4.78 is 17.0. The van der Waals surface area contributed by atoms with E-state index in [4.69, 9.17) is 14.2 Å². The van der Waals surface area contributed by atoms with Crippen LogP contribution in [0.1, 0.15) is 81.2 Å². The van der Waals surface area contributed by atoms with E-state index in [-0.39, 0.29) is 57.4 Å². The standard InChI is InChI=1S/C49H49N3O9/c1-48(2,52-44(55)42(46(57)59-32-34-15-7-5-8-16-34)43(45(52)56)47(58)60-33-35-17-9-6-10-18-35)28-30-61-49(3,4)27-25-40(53)50-29-26-41(54)51-31-38-21-12-11-19-36(38)23-24-37-20-13-14-22-39(37)51/h5-22H,25-33H2,1-4H3,(H,50,53). The summed E-state index contributed by atoms with van der Waals surface area (Å²) in [5.74, 6) is 1.84. The fraction of sp³-hybridized carbons (Fsp3) is 0.306. The highest BCUT2D eigenvalue weighted by atomic mass is 16.5. The van der Waals surface area contributed by atoms with Crippen molar-refractivity contribution in [3.05, 3.63) is 148 Å².